The van der Waals surface area contributed by atoms with Crippen LogP contribution in [0.1, 0.15) is 29.2 Å². The fourth-order valence-electron chi connectivity index (χ4n) is 1.93. The fourth-order valence-corrected chi connectivity index (χ4v) is 2.69. The smallest absolute Gasteiger partial charge is 0.358 e. The number of aromatic nitrogens is 4. The van der Waals surface area contributed by atoms with Gasteiger partial charge < -0.3 is 4.74 Å². The van der Waals surface area contributed by atoms with E-state index in [-0.39, 0.29) is 0 Å². The molecule has 3 rings (SSSR count). The molecule has 0 radical (unpaired) electrons. The Kier molecular flexibility index (Phi) is 3.97. The highest BCUT2D eigenvalue weighted by Gasteiger charge is 2.18. The topological polar surface area (TPSA) is 69.9 Å². The highest BCUT2D eigenvalue weighted by molar-refractivity contribution is 7.13. The quantitative estimate of drug-likeness (QED) is 0.693. The van der Waals surface area contributed by atoms with E-state index in [0.717, 1.165) is 10.6 Å². The van der Waals surface area contributed by atoms with Gasteiger partial charge in [0.25, 0.3) is 0 Å². The summed E-state index contributed by atoms with van der Waals surface area (Å²) in [6.07, 6.45) is 4.81. The third kappa shape index (κ3) is 3.04. The molecule has 3 aromatic rings. The Balaban J connectivity index is 1.72. The average Bonchev–Trinajstić information content (AvgIpc) is 3.16. The SMILES string of the molecule is CC(OC(=O)c1csc(-c2cnn(C)c2)n1)c1ccccn1. The molecule has 0 amide bonds. The largest absolute Gasteiger partial charge is 0.451 e. The molecule has 0 saturated carbocycles. The van der Waals surface area contributed by atoms with Gasteiger partial charge in [-0.1, -0.05) is 6.07 Å². The lowest BCUT2D eigenvalue weighted by molar-refractivity contribution is 0.0323. The zero-order valence-corrected chi connectivity index (χ0v) is 12.9. The highest BCUT2D eigenvalue weighted by Crippen LogP contribution is 2.24. The number of carbonyl (C=O) groups is 1. The summed E-state index contributed by atoms with van der Waals surface area (Å²) in [7, 11) is 1.83. The van der Waals surface area contributed by atoms with Gasteiger partial charge in [0.15, 0.2) is 5.69 Å². The Labute approximate surface area is 131 Å². The highest BCUT2D eigenvalue weighted by atomic mass is 32.1. The molecule has 1 atom stereocenters. The molecular formula is C15H14N4O2S. The number of carbonyl (C=O) groups excluding carboxylic acids is 1. The number of hydrogen-bond donors (Lipinski definition) is 0. The minimum Gasteiger partial charge on any atom is -0.451 e. The number of aryl methyl sites for hydroxylation is 1. The van der Waals surface area contributed by atoms with Crippen LogP contribution in [0.3, 0.4) is 0 Å². The summed E-state index contributed by atoms with van der Waals surface area (Å²) < 4.78 is 7.09. The summed E-state index contributed by atoms with van der Waals surface area (Å²) in [6, 6.07) is 5.49. The maximum Gasteiger partial charge on any atom is 0.358 e. The summed E-state index contributed by atoms with van der Waals surface area (Å²) in [5.41, 5.74) is 1.88. The van der Waals surface area contributed by atoms with Gasteiger partial charge in [-0.05, 0) is 19.1 Å². The molecule has 0 aliphatic heterocycles. The van der Waals surface area contributed by atoms with Crippen molar-refractivity contribution >= 4 is 17.3 Å². The molecular weight excluding hydrogens is 300 g/mol. The Morgan fingerprint density at radius 1 is 1.41 bits per heavy atom. The van der Waals surface area contributed by atoms with Crippen LogP contribution in [0.25, 0.3) is 10.6 Å². The molecule has 7 heteroatoms. The molecule has 3 heterocycles. The van der Waals surface area contributed by atoms with Gasteiger partial charge in [-0.3, -0.25) is 9.67 Å². The first kappa shape index (κ1) is 14.4. The van der Waals surface area contributed by atoms with E-state index in [2.05, 4.69) is 15.1 Å². The first-order valence-electron chi connectivity index (χ1n) is 6.70. The zero-order valence-electron chi connectivity index (χ0n) is 12.1. The second-order valence-corrected chi connectivity index (χ2v) is 5.60. The first-order valence-corrected chi connectivity index (χ1v) is 7.58. The number of ether oxygens (including phenoxy) is 1. The summed E-state index contributed by atoms with van der Waals surface area (Å²) in [6.45, 7) is 1.79. The van der Waals surface area contributed by atoms with Gasteiger partial charge in [-0.2, -0.15) is 5.10 Å². The van der Waals surface area contributed by atoms with E-state index in [9.17, 15) is 4.79 Å². The number of rotatable bonds is 4. The molecule has 6 nitrogen and oxygen atoms in total. The third-order valence-electron chi connectivity index (χ3n) is 3.05. The predicted molar refractivity (Wildman–Crippen MR) is 82.4 cm³/mol. The number of hydrogen-bond acceptors (Lipinski definition) is 6. The number of nitrogens with zero attached hydrogens (tertiary/aromatic N) is 4. The van der Waals surface area contributed by atoms with Crippen molar-refractivity contribution in [3.63, 3.8) is 0 Å². The maximum absolute atomic E-state index is 12.2. The first-order chi connectivity index (χ1) is 10.6. The van der Waals surface area contributed by atoms with Crippen molar-refractivity contribution in [2.24, 2.45) is 7.05 Å². The van der Waals surface area contributed by atoms with Crippen LogP contribution in [0.5, 0.6) is 0 Å². The van der Waals surface area contributed by atoms with E-state index in [1.54, 1.807) is 29.4 Å². The summed E-state index contributed by atoms with van der Waals surface area (Å²) in [4.78, 5) is 20.6. The molecule has 0 aromatic carbocycles. The molecule has 0 N–H and O–H groups in total. The normalized spacial score (nSPS) is 12.1. The summed E-state index contributed by atoms with van der Waals surface area (Å²) in [5.74, 6) is -0.454. The van der Waals surface area contributed by atoms with Crippen molar-refractivity contribution in [3.8, 4) is 10.6 Å². The Bertz CT molecular complexity index is 782. The lowest BCUT2D eigenvalue weighted by Crippen LogP contribution is -2.10. The van der Waals surface area contributed by atoms with Gasteiger partial charge in [0.2, 0.25) is 0 Å². The molecule has 112 valence electrons. The molecule has 3 aromatic heterocycles. The van der Waals surface area contributed by atoms with Crippen molar-refractivity contribution in [2.45, 2.75) is 13.0 Å². The van der Waals surface area contributed by atoms with Crippen LogP contribution in [0.2, 0.25) is 0 Å². The Hall–Kier alpha value is -2.54. The molecule has 0 aliphatic carbocycles. The average molecular weight is 314 g/mol. The van der Waals surface area contributed by atoms with E-state index in [0.29, 0.717) is 11.4 Å². The van der Waals surface area contributed by atoms with Crippen LogP contribution in [0, 0.1) is 0 Å². The second-order valence-electron chi connectivity index (χ2n) is 4.74. The molecule has 0 saturated heterocycles. The Morgan fingerprint density at radius 2 is 2.27 bits per heavy atom. The zero-order chi connectivity index (χ0) is 15.5. The predicted octanol–water partition coefficient (Wildman–Crippen LogP) is 2.86. The monoisotopic (exact) mass is 314 g/mol. The van der Waals surface area contributed by atoms with E-state index in [1.165, 1.54) is 11.3 Å². The van der Waals surface area contributed by atoms with Gasteiger partial charge >= 0.3 is 5.97 Å². The molecule has 0 aliphatic rings. The summed E-state index contributed by atoms with van der Waals surface area (Å²) >= 11 is 1.39. The van der Waals surface area contributed by atoms with Crippen molar-refractivity contribution in [3.05, 3.63) is 53.6 Å². The lowest BCUT2D eigenvalue weighted by atomic mass is 10.2. The minimum absolute atomic E-state index is 0.298. The van der Waals surface area contributed by atoms with E-state index < -0.39 is 12.1 Å². The van der Waals surface area contributed by atoms with Gasteiger partial charge in [0, 0.05) is 30.4 Å². The number of pyridine rings is 1. The van der Waals surface area contributed by atoms with Crippen molar-refractivity contribution < 1.29 is 9.53 Å². The van der Waals surface area contributed by atoms with Crippen LogP contribution in [0.15, 0.2) is 42.2 Å². The van der Waals surface area contributed by atoms with Crippen LogP contribution >= 0.6 is 11.3 Å². The third-order valence-corrected chi connectivity index (χ3v) is 3.94. The lowest BCUT2D eigenvalue weighted by Gasteiger charge is -2.11. The van der Waals surface area contributed by atoms with Crippen LogP contribution in [-0.2, 0) is 11.8 Å². The Morgan fingerprint density at radius 3 is 2.95 bits per heavy atom. The molecule has 0 fully saturated rings. The van der Waals surface area contributed by atoms with Gasteiger partial charge in [0.1, 0.15) is 11.1 Å². The maximum atomic E-state index is 12.2. The van der Waals surface area contributed by atoms with Crippen LogP contribution < -0.4 is 0 Å². The van der Waals surface area contributed by atoms with Gasteiger partial charge in [-0.25, -0.2) is 9.78 Å². The molecule has 1 unspecified atom stereocenters. The molecule has 22 heavy (non-hydrogen) atoms. The molecule has 0 bridgehead atoms. The van der Waals surface area contributed by atoms with Crippen molar-refractivity contribution in [2.75, 3.05) is 0 Å². The fraction of sp³-hybridized carbons (Fsp3) is 0.200. The second kappa shape index (κ2) is 6.07. The van der Waals surface area contributed by atoms with Crippen molar-refractivity contribution in [1.29, 1.82) is 0 Å². The van der Waals surface area contributed by atoms with E-state index >= 15 is 0 Å². The number of thiazole rings is 1. The summed E-state index contributed by atoms with van der Waals surface area (Å²) in [5, 5.41) is 6.53. The number of esters is 1. The van der Waals surface area contributed by atoms with Crippen molar-refractivity contribution in [1.82, 2.24) is 19.7 Å². The van der Waals surface area contributed by atoms with Crippen LogP contribution in [0.4, 0.5) is 0 Å². The van der Waals surface area contributed by atoms with Gasteiger partial charge in [0.05, 0.1) is 11.9 Å². The van der Waals surface area contributed by atoms with E-state index in [1.807, 2.05) is 31.4 Å². The van der Waals surface area contributed by atoms with Crippen LogP contribution in [-0.4, -0.2) is 25.7 Å². The van der Waals surface area contributed by atoms with E-state index in [4.69, 9.17) is 4.74 Å². The van der Waals surface area contributed by atoms with Gasteiger partial charge in [-0.15, -0.1) is 11.3 Å². The molecule has 0 spiro atoms. The minimum atomic E-state index is -0.454. The standard InChI is InChI=1S/C15H14N4O2S/c1-10(12-5-3-4-6-16-12)21-15(20)13-9-22-14(18-13)11-7-17-19(2)8-11/h3-10H,1-2H3.